The van der Waals surface area contributed by atoms with Gasteiger partial charge in [0.2, 0.25) is 11.8 Å². The average molecular weight is 200 g/mol. The quantitative estimate of drug-likeness (QED) is 0.443. The summed E-state index contributed by atoms with van der Waals surface area (Å²) in [6.45, 7) is 0.678. The van der Waals surface area contributed by atoms with Gasteiger partial charge in [0.1, 0.15) is 0 Å². The lowest BCUT2D eigenvalue weighted by Crippen LogP contribution is -2.51. The fraction of sp³-hybridized carbons (Fsp3) is 0.625. The van der Waals surface area contributed by atoms with Gasteiger partial charge in [-0.15, -0.1) is 0 Å². The molecule has 0 bridgehead atoms. The molecule has 0 aromatic heterocycles. The molecule has 1 aliphatic heterocycles. The highest BCUT2D eigenvalue weighted by molar-refractivity contribution is 5.99. The lowest BCUT2D eigenvalue weighted by atomic mass is 10.3. The van der Waals surface area contributed by atoms with Gasteiger partial charge in [0.05, 0.1) is 26.6 Å². The Morgan fingerprint density at radius 2 is 2.00 bits per heavy atom. The van der Waals surface area contributed by atoms with Crippen LogP contribution in [-0.4, -0.2) is 49.4 Å². The van der Waals surface area contributed by atoms with Crippen molar-refractivity contribution >= 4 is 17.8 Å². The number of methoxy groups -OCH3 is 1. The van der Waals surface area contributed by atoms with E-state index in [2.05, 4.69) is 10.1 Å². The van der Waals surface area contributed by atoms with Crippen LogP contribution in [0, 0.1) is 0 Å². The smallest absolute Gasteiger partial charge is 0.306 e. The van der Waals surface area contributed by atoms with E-state index in [9.17, 15) is 14.4 Å². The molecule has 2 amide bonds. The number of imide groups is 1. The van der Waals surface area contributed by atoms with Crippen LogP contribution in [0.1, 0.15) is 6.42 Å². The van der Waals surface area contributed by atoms with Crippen molar-refractivity contribution in [2.45, 2.75) is 6.42 Å². The first kappa shape index (κ1) is 10.6. The van der Waals surface area contributed by atoms with E-state index in [1.165, 1.54) is 7.11 Å². The maximum Gasteiger partial charge on any atom is 0.306 e. The molecule has 0 unspecified atom stereocenters. The van der Waals surface area contributed by atoms with Crippen LogP contribution in [0.25, 0.3) is 0 Å². The summed E-state index contributed by atoms with van der Waals surface area (Å²) in [7, 11) is 1.30. The molecule has 0 aromatic carbocycles. The second-order valence-corrected chi connectivity index (χ2v) is 3.01. The minimum Gasteiger partial charge on any atom is -0.469 e. The van der Waals surface area contributed by atoms with E-state index >= 15 is 0 Å². The topological polar surface area (TPSA) is 75.7 Å². The maximum absolute atomic E-state index is 10.9. The number of rotatable bonds is 3. The van der Waals surface area contributed by atoms with Gasteiger partial charge in [-0.1, -0.05) is 0 Å². The van der Waals surface area contributed by atoms with Crippen LogP contribution in [0.2, 0.25) is 0 Å². The number of ether oxygens (including phenoxy) is 1. The van der Waals surface area contributed by atoms with Gasteiger partial charge in [-0.05, 0) is 0 Å². The standard InChI is InChI=1S/C8H12N2O4/c1-14-8(13)2-3-10-4-6(11)9-7(12)5-10/h2-5H2,1H3,(H,9,11,12). The number of hydrogen-bond acceptors (Lipinski definition) is 5. The van der Waals surface area contributed by atoms with Crippen LogP contribution in [0.5, 0.6) is 0 Å². The molecule has 78 valence electrons. The van der Waals surface area contributed by atoms with Gasteiger partial charge in [-0.2, -0.15) is 0 Å². The van der Waals surface area contributed by atoms with E-state index in [0.717, 1.165) is 0 Å². The van der Waals surface area contributed by atoms with Crippen LogP contribution in [0.15, 0.2) is 0 Å². The van der Waals surface area contributed by atoms with E-state index in [0.29, 0.717) is 6.54 Å². The van der Waals surface area contributed by atoms with Gasteiger partial charge >= 0.3 is 5.97 Å². The average Bonchev–Trinajstić information content (AvgIpc) is 2.12. The maximum atomic E-state index is 10.9. The second kappa shape index (κ2) is 4.71. The largest absolute Gasteiger partial charge is 0.469 e. The van der Waals surface area contributed by atoms with Crippen molar-refractivity contribution in [2.24, 2.45) is 0 Å². The summed E-state index contributed by atoms with van der Waals surface area (Å²) >= 11 is 0. The summed E-state index contributed by atoms with van der Waals surface area (Å²) in [5.41, 5.74) is 0. The summed E-state index contributed by atoms with van der Waals surface area (Å²) in [6.07, 6.45) is 0.192. The third-order valence-electron chi connectivity index (χ3n) is 1.87. The van der Waals surface area contributed by atoms with E-state index in [-0.39, 0.29) is 37.3 Å². The molecule has 0 aromatic rings. The number of hydrogen-bond donors (Lipinski definition) is 1. The number of nitrogens with one attached hydrogen (secondary N) is 1. The van der Waals surface area contributed by atoms with Crippen molar-refractivity contribution in [3.05, 3.63) is 0 Å². The molecule has 1 rings (SSSR count). The number of esters is 1. The van der Waals surface area contributed by atoms with Gasteiger partial charge in [-0.25, -0.2) is 0 Å². The number of piperazine rings is 1. The van der Waals surface area contributed by atoms with Gasteiger partial charge in [-0.3, -0.25) is 24.6 Å². The Labute approximate surface area is 81.2 Å². The predicted octanol–water partition coefficient (Wildman–Crippen LogP) is -1.49. The summed E-state index contributed by atoms with van der Waals surface area (Å²) in [5, 5.41) is 2.18. The van der Waals surface area contributed by atoms with Crippen LogP contribution in [0.4, 0.5) is 0 Å². The summed E-state index contributed by atoms with van der Waals surface area (Å²) < 4.78 is 4.44. The molecule has 1 heterocycles. The van der Waals surface area contributed by atoms with Crippen molar-refractivity contribution in [1.29, 1.82) is 0 Å². The second-order valence-electron chi connectivity index (χ2n) is 3.01. The number of carbonyl (C=O) groups is 3. The summed E-state index contributed by atoms with van der Waals surface area (Å²) in [4.78, 5) is 34.2. The fourth-order valence-electron chi connectivity index (χ4n) is 1.21. The Morgan fingerprint density at radius 1 is 1.43 bits per heavy atom. The van der Waals surface area contributed by atoms with Crippen molar-refractivity contribution in [3.63, 3.8) is 0 Å². The monoisotopic (exact) mass is 200 g/mol. The Hall–Kier alpha value is -1.43. The molecule has 1 fully saturated rings. The van der Waals surface area contributed by atoms with Crippen LogP contribution < -0.4 is 5.32 Å². The first-order valence-electron chi connectivity index (χ1n) is 4.23. The molecule has 0 aliphatic carbocycles. The highest BCUT2D eigenvalue weighted by Gasteiger charge is 2.22. The molecule has 1 N–H and O–H groups in total. The minimum absolute atomic E-state index is 0.155. The number of amides is 2. The van der Waals surface area contributed by atoms with Crippen molar-refractivity contribution in [3.8, 4) is 0 Å². The van der Waals surface area contributed by atoms with Crippen LogP contribution >= 0.6 is 0 Å². The van der Waals surface area contributed by atoms with Gasteiger partial charge in [0, 0.05) is 6.54 Å². The van der Waals surface area contributed by atoms with E-state index in [4.69, 9.17) is 0 Å². The predicted molar refractivity (Wildman–Crippen MR) is 46.2 cm³/mol. The first-order chi connectivity index (χ1) is 6.61. The molecule has 0 saturated carbocycles. The molecule has 0 spiro atoms. The van der Waals surface area contributed by atoms with Crippen molar-refractivity contribution in [2.75, 3.05) is 26.7 Å². The van der Waals surface area contributed by atoms with E-state index in [1.54, 1.807) is 4.90 Å². The fourth-order valence-corrected chi connectivity index (χ4v) is 1.21. The van der Waals surface area contributed by atoms with Crippen molar-refractivity contribution < 1.29 is 19.1 Å². The third kappa shape index (κ3) is 3.14. The molecule has 1 aliphatic rings. The molecule has 0 atom stereocenters. The number of carbonyl (C=O) groups excluding carboxylic acids is 3. The molecule has 6 heteroatoms. The normalized spacial score (nSPS) is 17.8. The van der Waals surface area contributed by atoms with Crippen molar-refractivity contribution in [1.82, 2.24) is 10.2 Å². The lowest BCUT2D eigenvalue weighted by molar-refractivity contribution is -0.143. The third-order valence-corrected chi connectivity index (χ3v) is 1.87. The zero-order chi connectivity index (χ0) is 10.6. The summed E-state index contributed by atoms with van der Waals surface area (Å²) in [5.74, 6) is -0.999. The highest BCUT2D eigenvalue weighted by atomic mass is 16.5. The molecule has 14 heavy (non-hydrogen) atoms. The molecular weight excluding hydrogens is 188 g/mol. The Kier molecular flexibility index (Phi) is 3.58. The first-order valence-corrected chi connectivity index (χ1v) is 4.23. The van der Waals surface area contributed by atoms with Gasteiger partial charge < -0.3 is 4.74 Å². The Morgan fingerprint density at radius 3 is 2.50 bits per heavy atom. The van der Waals surface area contributed by atoms with Crippen LogP contribution in [-0.2, 0) is 19.1 Å². The summed E-state index contributed by atoms with van der Waals surface area (Å²) in [6, 6.07) is 0. The lowest BCUT2D eigenvalue weighted by Gasteiger charge is -2.24. The molecular formula is C8H12N2O4. The molecule has 0 radical (unpaired) electrons. The zero-order valence-electron chi connectivity index (χ0n) is 7.91. The Balaban J connectivity index is 2.33. The Bertz CT molecular complexity index is 248. The highest BCUT2D eigenvalue weighted by Crippen LogP contribution is 1.97. The van der Waals surface area contributed by atoms with E-state index in [1.807, 2.05) is 0 Å². The number of nitrogens with zero attached hydrogens (tertiary/aromatic N) is 1. The molecule has 1 saturated heterocycles. The van der Waals surface area contributed by atoms with Crippen LogP contribution in [0.3, 0.4) is 0 Å². The minimum atomic E-state index is -0.344. The SMILES string of the molecule is COC(=O)CCN1CC(=O)NC(=O)C1. The zero-order valence-corrected chi connectivity index (χ0v) is 7.91. The molecule has 6 nitrogen and oxygen atoms in total. The van der Waals surface area contributed by atoms with E-state index < -0.39 is 0 Å². The van der Waals surface area contributed by atoms with Gasteiger partial charge in [0.25, 0.3) is 0 Å². The van der Waals surface area contributed by atoms with Gasteiger partial charge in [0.15, 0.2) is 0 Å².